The first kappa shape index (κ1) is 13.9. The van der Waals surface area contributed by atoms with Gasteiger partial charge in [0.05, 0.1) is 6.04 Å². The number of H-pyrrole nitrogens is 1. The molecule has 0 radical (unpaired) electrons. The van der Waals surface area contributed by atoms with Gasteiger partial charge in [0, 0.05) is 12.7 Å². The summed E-state index contributed by atoms with van der Waals surface area (Å²) in [5.41, 5.74) is 1.88. The van der Waals surface area contributed by atoms with E-state index in [-0.39, 0.29) is 11.9 Å². The summed E-state index contributed by atoms with van der Waals surface area (Å²) in [6, 6.07) is 14.3. The van der Waals surface area contributed by atoms with Crippen LogP contribution in [0, 0.1) is 0 Å². The van der Waals surface area contributed by atoms with Crippen LogP contribution in [-0.4, -0.2) is 35.4 Å². The summed E-state index contributed by atoms with van der Waals surface area (Å²) in [6.07, 6.45) is 4.26. The van der Waals surface area contributed by atoms with Gasteiger partial charge in [-0.2, -0.15) is 0 Å². The number of rotatable bonds is 5. The summed E-state index contributed by atoms with van der Waals surface area (Å²) in [5, 5.41) is 3.05. The second-order valence-electron chi connectivity index (χ2n) is 5.46. The highest BCUT2D eigenvalue weighted by atomic mass is 16.1. The monoisotopic (exact) mass is 283 g/mol. The van der Waals surface area contributed by atoms with E-state index < -0.39 is 0 Å². The molecule has 1 unspecified atom stereocenters. The van der Waals surface area contributed by atoms with Crippen LogP contribution in [0.5, 0.6) is 0 Å². The highest BCUT2D eigenvalue weighted by Crippen LogP contribution is 2.24. The van der Waals surface area contributed by atoms with Crippen molar-refractivity contribution in [2.75, 3.05) is 19.6 Å². The Kier molecular flexibility index (Phi) is 4.36. The number of aromatic nitrogens is 1. The molecule has 2 N–H and O–H groups in total. The van der Waals surface area contributed by atoms with Gasteiger partial charge in [-0.1, -0.05) is 30.3 Å². The number of aromatic amines is 1. The first-order valence-electron chi connectivity index (χ1n) is 7.55. The molecular weight excluding hydrogens is 262 g/mol. The summed E-state index contributed by atoms with van der Waals surface area (Å²) >= 11 is 0. The fraction of sp³-hybridized carbons (Fsp3) is 0.353. The molecule has 0 saturated carbocycles. The number of carbonyl (C=O) groups excluding carboxylic acids is 1. The standard InChI is InChI=1S/C17H21N3O/c21-17(15-9-6-10-18-15)19-13-16(20-11-4-5-12-20)14-7-2-1-3-8-14/h1-3,6-10,16,18H,4-5,11-13H2,(H,19,21). The quantitative estimate of drug-likeness (QED) is 0.886. The molecular formula is C17H21N3O. The second kappa shape index (κ2) is 6.59. The van der Waals surface area contributed by atoms with Crippen LogP contribution < -0.4 is 5.32 Å². The van der Waals surface area contributed by atoms with Crippen molar-refractivity contribution in [3.63, 3.8) is 0 Å². The van der Waals surface area contributed by atoms with Gasteiger partial charge < -0.3 is 10.3 Å². The summed E-state index contributed by atoms with van der Waals surface area (Å²) in [4.78, 5) is 17.5. The molecule has 4 heteroatoms. The van der Waals surface area contributed by atoms with Crippen LogP contribution in [-0.2, 0) is 0 Å². The van der Waals surface area contributed by atoms with E-state index in [9.17, 15) is 4.79 Å². The third-order valence-electron chi connectivity index (χ3n) is 4.06. The lowest BCUT2D eigenvalue weighted by Gasteiger charge is -2.28. The van der Waals surface area contributed by atoms with Gasteiger partial charge in [0.15, 0.2) is 0 Å². The van der Waals surface area contributed by atoms with Crippen molar-refractivity contribution in [2.45, 2.75) is 18.9 Å². The van der Waals surface area contributed by atoms with Gasteiger partial charge in [0.2, 0.25) is 0 Å². The summed E-state index contributed by atoms with van der Waals surface area (Å²) in [6.45, 7) is 2.86. The predicted octanol–water partition coefficient (Wildman–Crippen LogP) is 2.58. The molecule has 1 atom stereocenters. The van der Waals surface area contributed by atoms with Crippen LogP contribution in [0.4, 0.5) is 0 Å². The van der Waals surface area contributed by atoms with Gasteiger partial charge in [-0.3, -0.25) is 9.69 Å². The molecule has 21 heavy (non-hydrogen) atoms. The van der Waals surface area contributed by atoms with Crippen LogP contribution in [0.2, 0.25) is 0 Å². The Morgan fingerprint density at radius 2 is 1.90 bits per heavy atom. The molecule has 2 aromatic rings. The maximum atomic E-state index is 12.1. The predicted molar refractivity (Wildman–Crippen MR) is 83.1 cm³/mol. The molecule has 0 aliphatic carbocycles. The Labute approximate surface area is 125 Å². The molecule has 110 valence electrons. The second-order valence-corrected chi connectivity index (χ2v) is 5.46. The van der Waals surface area contributed by atoms with E-state index >= 15 is 0 Å². The Bertz CT molecular complexity index is 559. The Morgan fingerprint density at radius 1 is 1.14 bits per heavy atom. The number of nitrogens with zero attached hydrogens (tertiary/aromatic N) is 1. The molecule has 1 aromatic carbocycles. The van der Waals surface area contributed by atoms with Crippen LogP contribution in [0.1, 0.15) is 34.9 Å². The molecule has 0 bridgehead atoms. The van der Waals surface area contributed by atoms with E-state index in [1.807, 2.05) is 12.1 Å². The minimum atomic E-state index is -0.0415. The zero-order valence-corrected chi connectivity index (χ0v) is 12.1. The van der Waals surface area contributed by atoms with Crippen molar-refractivity contribution in [3.8, 4) is 0 Å². The first-order chi connectivity index (χ1) is 10.3. The number of hydrogen-bond acceptors (Lipinski definition) is 2. The molecule has 1 aromatic heterocycles. The van der Waals surface area contributed by atoms with Crippen molar-refractivity contribution in [1.82, 2.24) is 15.2 Å². The van der Waals surface area contributed by atoms with Crippen molar-refractivity contribution in [3.05, 3.63) is 59.9 Å². The zero-order valence-electron chi connectivity index (χ0n) is 12.1. The number of likely N-dealkylation sites (tertiary alicyclic amines) is 1. The highest BCUT2D eigenvalue weighted by Gasteiger charge is 2.23. The molecule has 1 amide bonds. The van der Waals surface area contributed by atoms with Crippen molar-refractivity contribution in [1.29, 1.82) is 0 Å². The average Bonchev–Trinajstić information content (AvgIpc) is 3.22. The number of hydrogen-bond donors (Lipinski definition) is 2. The summed E-state index contributed by atoms with van der Waals surface area (Å²) in [7, 11) is 0. The lowest BCUT2D eigenvalue weighted by Crippen LogP contribution is -2.36. The first-order valence-corrected chi connectivity index (χ1v) is 7.55. The maximum Gasteiger partial charge on any atom is 0.267 e. The molecule has 4 nitrogen and oxygen atoms in total. The third kappa shape index (κ3) is 3.34. The van der Waals surface area contributed by atoms with E-state index in [4.69, 9.17) is 0 Å². The molecule has 3 rings (SSSR count). The van der Waals surface area contributed by atoms with E-state index in [0.29, 0.717) is 12.2 Å². The Morgan fingerprint density at radius 3 is 2.57 bits per heavy atom. The molecule has 0 spiro atoms. The third-order valence-corrected chi connectivity index (χ3v) is 4.06. The fourth-order valence-corrected chi connectivity index (χ4v) is 2.94. The lowest BCUT2D eigenvalue weighted by molar-refractivity contribution is 0.0933. The van der Waals surface area contributed by atoms with Crippen LogP contribution in [0.3, 0.4) is 0 Å². The van der Waals surface area contributed by atoms with Crippen LogP contribution in [0.25, 0.3) is 0 Å². The van der Waals surface area contributed by atoms with Crippen molar-refractivity contribution >= 4 is 5.91 Å². The summed E-state index contributed by atoms with van der Waals surface area (Å²) in [5.74, 6) is -0.0415. The van der Waals surface area contributed by atoms with Gasteiger partial charge in [-0.25, -0.2) is 0 Å². The normalized spacial score (nSPS) is 16.8. The van der Waals surface area contributed by atoms with E-state index in [0.717, 1.165) is 13.1 Å². The zero-order chi connectivity index (χ0) is 14.5. The molecule has 2 heterocycles. The lowest BCUT2D eigenvalue weighted by atomic mass is 10.1. The van der Waals surface area contributed by atoms with Gasteiger partial charge in [-0.05, 0) is 43.6 Å². The Balaban J connectivity index is 1.69. The Hall–Kier alpha value is -2.07. The van der Waals surface area contributed by atoms with E-state index in [2.05, 4.69) is 39.5 Å². The largest absolute Gasteiger partial charge is 0.357 e. The van der Waals surface area contributed by atoms with Gasteiger partial charge in [0.1, 0.15) is 5.69 Å². The molecule has 1 saturated heterocycles. The SMILES string of the molecule is O=C(NCC(c1ccccc1)N1CCCC1)c1ccc[nH]1. The van der Waals surface area contributed by atoms with Crippen molar-refractivity contribution in [2.24, 2.45) is 0 Å². The minimum absolute atomic E-state index is 0.0415. The van der Waals surface area contributed by atoms with Gasteiger partial charge in [0.25, 0.3) is 5.91 Å². The molecule has 1 aliphatic heterocycles. The van der Waals surface area contributed by atoms with Crippen molar-refractivity contribution < 1.29 is 4.79 Å². The molecule has 1 fully saturated rings. The minimum Gasteiger partial charge on any atom is -0.357 e. The van der Waals surface area contributed by atoms with Gasteiger partial charge >= 0.3 is 0 Å². The van der Waals surface area contributed by atoms with Gasteiger partial charge in [-0.15, -0.1) is 0 Å². The topological polar surface area (TPSA) is 48.1 Å². The van der Waals surface area contributed by atoms with Crippen LogP contribution in [0.15, 0.2) is 48.7 Å². The highest BCUT2D eigenvalue weighted by molar-refractivity contribution is 5.92. The number of amides is 1. The maximum absolute atomic E-state index is 12.1. The van der Waals surface area contributed by atoms with Crippen LogP contribution >= 0.6 is 0 Å². The van der Waals surface area contributed by atoms with E-state index in [1.165, 1.54) is 18.4 Å². The number of nitrogens with one attached hydrogen (secondary N) is 2. The van der Waals surface area contributed by atoms with E-state index in [1.54, 1.807) is 12.3 Å². The number of carbonyl (C=O) groups is 1. The molecule has 1 aliphatic rings. The number of benzene rings is 1. The fourth-order valence-electron chi connectivity index (χ4n) is 2.94. The smallest absolute Gasteiger partial charge is 0.267 e. The summed E-state index contributed by atoms with van der Waals surface area (Å²) < 4.78 is 0. The average molecular weight is 283 g/mol.